The Morgan fingerprint density at radius 1 is 1.12 bits per heavy atom. The molecule has 0 saturated heterocycles. The summed E-state index contributed by atoms with van der Waals surface area (Å²) in [4.78, 5) is 12.8. The zero-order valence-corrected chi connectivity index (χ0v) is 14.6. The van der Waals surface area contributed by atoms with Crippen LogP contribution in [0.5, 0.6) is 0 Å². The van der Waals surface area contributed by atoms with Gasteiger partial charge in [0.1, 0.15) is 17.4 Å². The molecule has 4 nitrogen and oxygen atoms in total. The van der Waals surface area contributed by atoms with Crippen molar-refractivity contribution in [2.45, 2.75) is 69.9 Å². The number of aromatic nitrogens is 2. The van der Waals surface area contributed by atoms with Crippen molar-refractivity contribution < 1.29 is 22.4 Å². The van der Waals surface area contributed by atoms with Crippen molar-refractivity contribution in [1.29, 1.82) is 0 Å². The molecule has 1 atom stereocenters. The second-order valence-corrected chi connectivity index (χ2v) is 8.40. The first-order valence-electron chi connectivity index (χ1n) is 9.24. The first kappa shape index (κ1) is 17.8. The number of nitrogens with one attached hydrogen (secondary N) is 1. The van der Waals surface area contributed by atoms with Gasteiger partial charge in [0.25, 0.3) is 12.9 Å². The van der Waals surface area contributed by atoms with Crippen LogP contribution in [0.3, 0.4) is 0 Å². The molecule has 4 aliphatic rings. The van der Waals surface area contributed by atoms with E-state index in [0.717, 1.165) is 23.9 Å². The van der Waals surface area contributed by atoms with E-state index in [0.29, 0.717) is 23.8 Å². The Balaban J connectivity index is 1.54. The normalized spacial score (nSPS) is 33.9. The van der Waals surface area contributed by atoms with Crippen molar-refractivity contribution in [2.24, 2.45) is 17.8 Å². The van der Waals surface area contributed by atoms with Crippen molar-refractivity contribution in [3.63, 3.8) is 0 Å². The SMILES string of the molecule is CC(C(=O)NC12CC3CC(CC(C3)C1)C2)n1nc(C(F)F)cc1C(F)F. The monoisotopic (exact) mass is 373 g/mol. The van der Waals surface area contributed by atoms with Gasteiger partial charge in [-0.15, -0.1) is 0 Å². The van der Waals surface area contributed by atoms with Crippen molar-refractivity contribution in [3.05, 3.63) is 17.5 Å². The van der Waals surface area contributed by atoms with E-state index in [-0.39, 0.29) is 5.54 Å². The molecule has 144 valence electrons. The van der Waals surface area contributed by atoms with Gasteiger partial charge in [0.05, 0.1) is 0 Å². The molecule has 4 fully saturated rings. The summed E-state index contributed by atoms with van der Waals surface area (Å²) in [6.07, 6.45) is 0.532. The molecule has 1 amide bonds. The summed E-state index contributed by atoms with van der Waals surface area (Å²) in [6.45, 7) is 1.43. The summed E-state index contributed by atoms with van der Waals surface area (Å²) in [7, 11) is 0. The second kappa shape index (κ2) is 6.23. The zero-order chi connectivity index (χ0) is 18.6. The molecule has 1 unspecified atom stereocenters. The van der Waals surface area contributed by atoms with E-state index in [1.807, 2.05) is 0 Å². The maximum atomic E-state index is 13.2. The number of hydrogen-bond donors (Lipinski definition) is 1. The maximum absolute atomic E-state index is 13.2. The van der Waals surface area contributed by atoms with Crippen molar-refractivity contribution in [3.8, 4) is 0 Å². The van der Waals surface area contributed by atoms with Gasteiger partial charge in [-0.2, -0.15) is 5.10 Å². The Morgan fingerprint density at radius 2 is 1.65 bits per heavy atom. The fourth-order valence-corrected chi connectivity index (χ4v) is 5.75. The topological polar surface area (TPSA) is 46.9 Å². The largest absolute Gasteiger partial charge is 0.349 e. The third-order valence-corrected chi connectivity index (χ3v) is 6.40. The molecule has 4 bridgehead atoms. The summed E-state index contributed by atoms with van der Waals surface area (Å²) in [6, 6.07) is -0.372. The van der Waals surface area contributed by atoms with Crippen LogP contribution in [-0.4, -0.2) is 21.2 Å². The third kappa shape index (κ3) is 3.01. The number of carbonyl (C=O) groups is 1. The maximum Gasteiger partial charge on any atom is 0.282 e. The van der Waals surface area contributed by atoms with Gasteiger partial charge in [0.2, 0.25) is 5.91 Å². The van der Waals surface area contributed by atoms with Crippen LogP contribution < -0.4 is 5.32 Å². The number of hydrogen-bond acceptors (Lipinski definition) is 2. The highest BCUT2D eigenvalue weighted by atomic mass is 19.3. The lowest BCUT2D eigenvalue weighted by molar-refractivity contribution is -0.130. The van der Waals surface area contributed by atoms with Crippen LogP contribution in [0.15, 0.2) is 6.07 Å². The number of alkyl halides is 4. The lowest BCUT2D eigenvalue weighted by atomic mass is 9.53. The molecule has 4 saturated carbocycles. The highest BCUT2D eigenvalue weighted by Gasteiger charge is 2.51. The Kier molecular flexibility index (Phi) is 4.27. The molecule has 8 heteroatoms. The van der Waals surface area contributed by atoms with E-state index >= 15 is 0 Å². The van der Waals surface area contributed by atoms with E-state index in [1.165, 1.54) is 26.2 Å². The predicted octanol–water partition coefficient (Wildman–Crippen LogP) is 4.40. The minimum atomic E-state index is -2.97. The van der Waals surface area contributed by atoms with Gasteiger partial charge in [-0.3, -0.25) is 9.48 Å². The number of rotatable bonds is 5. The molecule has 0 aliphatic heterocycles. The highest BCUT2D eigenvalue weighted by molar-refractivity contribution is 5.80. The summed E-state index contributed by atoms with van der Waals surface area (Å²) >= 11 is 0. The van der Waals surface area contributed by atoms with E-state index in [2.05, 4.69) is 10.4 Å². The lowest BCUT2D eigenvalue weighted by Crippen LogP contribution is -2.60. The minimum absolute atomic E-state index is 0.260. The van der Waals surface area contributed by atoms with E-state index in [1.54, 1.807) is 0 Å². The Labute approximate surface area is 149 Å². The molecule has 1 aromatic heterocycles. The number of carbonyl (C=O) groups excluding carboxylic acids is 1. The summed E-state index contributed by atoms with van der Waals surface area (Å²) in [5.41, 5.74) is -1.63. The molecule has 1 N–H and O–H groups in total. The van der Waals surface area contributed by atoms with Gasteiger partial charge in [-0.05, 0) is 69.3 Å². The molecule has 5 rings (SSSR count). The van der Waals surface area contributed by atoms with Gasteiger partial charge < -0.3 is 5.32 Å². The quantitative estimate of drug-likeness (QED) is 0.778. The molecule has 26 heavy (non-hydrogen) atoms. The molecule has 1 aromatic rings. The average Bonchev–Trinajstić information content (AvgIpc) is 2.98. The van der Waals surface area contributed by atoms with Crippen LogP contribution >= 0.6 is 0 Å². The molecule has 0 radical (unpaired) electrons. The van der Waals surface area contributed by atoms with Gasteiger partial charge in [-0.25, -0.2) is 17.6 Å². The first-order chi connectivity index (χ1) is 12.3. The first-order valence-corrected chi connectivity index (χ1v) is 9.24. The number of nitrogens with zero attached hydrogens (tertiary/aromatic N) is 2. The fraction of sp³-hybridized carbons (Fsp3) is 0.778. The average molecular weight is 373 g/mol. The Morgan fingerprint density at radius 3 is 2.12 bits per heavy atom. The van der Waals surface area contributed by atoms with Crippen molar-refractivity contribution >= 4 is 5.91 Å². The third-order valence-electron chi connectivity index (χ3n) is 6.40. The van der Waals surface area contributed by atoms with Crippen LogP contribution in [0.4, 0.5) is 17.6 Å². The Hall–Kier alpha value is -1.60. The fourth-order valence-electron chi connectivity index (χ4n) is 5.75. The van der Waals surface area contributed by atoms with Gasteiger partial charge in [0.15, 0.2) is 0 Å². The van der Waals surface area contributed by atoms with Crippen molar-refractivity contribution in [2.75, 3.05) is 0 Å². The molecule has 4 aliphatic carbocycles. The van der Waals surface area contributed by atoms with E-state index in [9.17, 15) is 22.4 Å². The molecular formula is C18H23F4N3O. The summed E-state index contributed by atoms with van der Waals surface area (Å²) < 4.78 is 52.9. The Bertz CT molecular complexity index is 667. The molecule has 0 spiro atoms. The van der Waals surface area contributed by atoms with Crippen LogP contribution in [-0.2, 0) is 4.79 Å². The van der Waals surface area contributed by atoms with Crippen LogP contribution in [0.25, 0.3) is 0 Å². The second-order valence-electron chi connectivity index (χ2n) is 8.40. The van der Waals surface area contributed by atoms with Gasteiger partial charge >= 0.3 is 0 Å². The minimum Gasteiger partial charge on any atom is -0.349 e. The van der Waals surface area contributed by atoms with E-state index < -0.39 is 36.2 Å². The summed E-state index contributed by atoms with van der Waals surface area (Å²) in [5.74, 6) is 1.47. The highest BCUT2D eigenvalue weighted by Crippen LogP contribution is 2.55. The predicted molar refractivity (Wildman–Crippen MR) is 85.9 cm³/mol. The summed E-state index contributed by atoms with van der Waals surface area (Å²) in [5, 5.41) is 6.67. The van der Waals surface area contributed by atoms with Crippen molar-refractivity contribution in [1.82, 2.24) is 15.1 Å². The standard InChI is InChI=1S/C18H23F4N3O/c1-9(25-14(16(21)22)5-13(24-25)15(19)20)17(26)23-18-6-10-2-11(7-18)4-12(3-10)8-18/h5,9-12,15-16H,2-4,6-8H2,1H3,(H,23,26). The van der Waals surface area contributed by atoms with Crippen LogP contribution in [0.2, 0.25) is 0 Å². The molecule has 0 aromatic carbocycles. The number of halogens is 4. The molecular weight excluding hydrogens is 350 g/mol. The van der Waals surface area contributed by atoms with Crippen LogP contribution in [0.1, 0.15) is 75.7 Å². The van der Waals surface area contributed by atoms with Gasteiger partial charge in [-0.1, -0.05) is 0 Å². The molecule has 1 heterocycles. The van der Waals surface area contributed by atoms with E-state index in [4.69, 9.17) is 0 Å². The van der Waals surface area contributed by atoms with Crippen LogP contribution in [0, 0.1) is 17.8 Å². The smallest absolute Gasteiger partial charge is 0.282 e. The lowest BCUT2D eigenvalue weighted by Gasteiger charge is -2.57. The van der Waals surface area contributed by atoms with Gasteiger partial charge in [0, 0.05) is 5.54 Å². The zero-order valence-electron chi connectivity index (χ0n) is 14.6. The number of amides is 1.